The lowest BCUT2D eigenvalue weighted by molar-refractivity contribution is 0.386. The molecule has 0 fully saturated rings. The Hall–Kier alpha value is -4.54. The largest absolute Gasteiger partial charge is 0.494 e. The Morgan fingerprint density at radius 1 is 1.14 bits per heavy atom. The highest BCUT2D eigenvalue weighted by Crippen LogP contribution is 2.36. The van der Waals surface area contributed by atoms with E-state index in [2.05, 4.69) is 5.10 Å². The van der Waals surface area contributed by atoms with Crippen LogP contribution in [-0.2, 0) is 6.54 Å². The van der Waals surface area contributed by atoms with Crippen LogP contribution in [-0.4, -0.2) is 22.6 Å². The van der Waals surface area contributed by atoms with Gasteiger partial charge in [0.25, 0.3) is 5.56 Å². The van der Waals surface area contributed by atoms with Gasteiger partial charge in [-0.2, -0.15) is 15.6 Å². The van der Waals surface area contributed by atoms with E-state index in [9.17, 15) is 19.2 Å². The van der Waals surface area contributed by atoms with Crippen molar-refractivity contribution in [2.24, 2.45) is 5.10 Å². The highest BCUT2D eigenvalue weighted by atomic mass is 32.1. The van der Waals surface area contributed by atoms with Crippen molar-refractivity contribution in [2.75, 3.05) is 7.11 Å². The molecule has 4 aromatic rings. The fourth-order valence-corrected chi connectivity index (χ4v) is 4.53. The van der Waals surface area contributed by atoms with Crippen molar-refractivity contribution in [3.8, 4) is 28.3 Å². The molecule has 2 heterocycles. The molecule has 0 amide bonds. The van der Waals surface area contributed by atoms with Gasteiger partial charge in [0, 0.05) is 17.0 Å². The first-order valence-electron chi connectivity index (χ1n) is 11.0. The number of aryl methyl sites for hydroxylation is 1. The molecule has 0 spiro atoms. The van der Waals surface area contributed by atoms with Gasteiger partial charge in [-0.05, 0) is 23.8 Å². The Balaban J connectivity index is 0.00000176. The summed E-state index contributed by atoms with van der Waals surface area (Å²) in [6, 6.07) is 16.9. The third-order valence-corrected chi connectivity index (χ3v) is 6.19. The molecule has 182 valence electrons. The minimum absolute atomic E-state index is 0.0363. The Kier molecular flexibility index (Phi) is 8.50. The van der Waals surface area contributed by atoms with Gasteiger partial charge in [-0.15, -0.1) is 16.0 Å². The van der Waals surface area contributed by atoms with Crippen molar-refractivity contribution >= 4 is 27.8 Å². The molecule has 0 N–H and O–H groups in total. The molecular weight excluding hydrogens is 481 g/mol. The quantitative estimate of drug-likeness (QED) is 0.353. The van der Waals surface area contributed by atoms with E-state index < -0.39 is 17.1 Å². The fourth-order valence-electron chi connectivity index (χ4n) is 3.42. The van der Waals surface area contributed by atoms with E-state index in [-0.39, 0.29) is 29.0 Å². The molecule has 0 saturated heterocycles. The van der Waals surface area contributed by atoms with Crippen LogP contribution in [0.15, 0.2) is 63.2 Å². The zero-order valence-corrected chi connectivity index (χ0v) is 20.7. The van der Waals surface area contributed by atoms with E-state index in [1.54, 1.807) is 30.3 Å². The van der Waals surface area contributed by atoms with Crippen LogP contribution in [0.1, 0.15) is 31.4 Å². The maximum absolute atomic E-state index is 14.1. The van der Waals surface area contributed by atoms with Gasteiger partial charge in [0.2, 0.25) is 0 Å². The van der Waals surface area contributed by atoms with Crippen LogP contribution < -0.4 is 16.0 Å². The molecule has 0 aliphatic heterocycles. The molecule has 0 aliphatic rings. The molecule has 2 aromatic heterocycles. The molecule has 2 aromatic carbocycles. The van der Waals surface area contributed by atoms with Crippen molar-refractivity contribution in [3.05, 3.63) is 86.3 Å². The van der Waals surface area contributed by atoms with Crippen molar-refractivity contribution in [3.63, 3.8) is 0 Å². The molecule has 36 heavy (non-hydrogen) atoms. The Bertz CT molecular complexity index is 1620. The van der Waals surface area contributed by atoms with Crippen LogP contribution in [0.25, 0.3) is 20.7 Å². The lowest BCUT2D eigenvalue weighted by Crippen LogP contribution is -2.37. The molecule has 4 rings (SSSR count). The zero-order valence-electron chi connectivity index (χ0n) is 19.9. The highest BCUT2D eigenvalue weighted by Gasteiger charge is 2.20. The monoisotopic (exact) mass is 503 g/mol. The number of benzene rings is 2. The summed E-state index contributed by atoms with van der Waals surface area (Å²) in [6.45, 7) is 4.04. The van der Waals surface area contributed by atoms with Crippen LogP contribution >= 0.6 is 11.3 Å². The molecule has 0 saturated carbocycles. The Morgan fingerprint density at radius 3 is 2.50 bits per heavy atom. The van der Waals surface area contributed by atoms with Crippen LogP contribution in [0, 0.1) is 28.5 Å². The number of hydrogen-bond donors (Lipinski definition) is 0. The normalized spacial score (nSPS) is 10.5. The van der Waals surface area contributed by atoms with Gasteiger partial charge >= 0.3 is 5.69 Å². The minimum Gasteiger partial charge on any atom is -0.494 e. The average Bonchev–Trinajstić information content (AvgIpc) is 3.35. The summed E-state index contributed by atoms with van der Waals surface area (Å²) >= 11 is 1.04. The van der Waals surface area contributed by atoms with Gasteiger partial charge in [-0.1, -0.05) is 44.2 Å². The standard InChI is InChI=1S/C24H16FN5O3S.C2H6/c1-33-20-11-17(16(13-27)10-18(20)25)21-12-19-22(34-21)23(31)30(24(32)29(19)9-5-8-26)28-14-15-6-3-2-4-7-15;1-2/h2-4,6-7,10-12,14H,5,9H2,1H3;1-2H3/b28-14-;. The molecule has 10 heteroatoms. The Morgan fingerprint density at radius 2 is 1.86 bits per heavy atom. The molecule has 8 nitrogen and oxygen atoms in total. The van der Waals surface area contributed by atoms with Crippen molar-refractivity contribution < 1.29 is 9.13 Å². The van der Waals surface area contributed by atoms with Gasteiger partial charge < -0.3 is 4.74 Å². The van der Waals surface area contributed by atoms with E-state index in [0.29, 0.717) is 21.5 Å². The molecule has 0 atom stereocenters. The van der Waals surface area contributed by atoms with Crippen LogP contribution in [0.4, 0.5) is 4.39 Å². The van der Waals surface area contributed by atoms with Gasteiger partial charge in [0.1, 0.15) is 4.70 Å². The lowest BCUT2D eigenvalue weighted by atomic mass is 10.1. The fraction of sp³-hybridized carbons (Fsp3) is 0.192. The third-order valence-electron chi connectivity index (χ3n) is 5.05. The molecular formula is C26H22FN5O3S. The van der Waals surface area contributed by atoms with E-state index in [4.69, 9.17) is 10.00 Å². The van der Waals surface area contributed by atoms with E-state index in [1.165, 1.54) is 24.0 Å². The molecule has 0 radical (unpaired) electrons. The number of rotatable bonds is 6. The number of nitriles is 2. The van der Waals surface area contributed by atoms with Gasteiger partial charge in [-0.3, -0.25) is 9.36 Å². The lowest BCUT2D eigenvalue weighted by Gasteiger charge is -2.07. The maximum atomic E-state index is 14.1. The second kappa shape index (κ2) is 11.7. The van der Waals surface area contributed by atoms with Crippen molar-refractivity contribution in [1.29, 1.82) is 10.5 Å². The third kappa shape index (κ3) is 5.09. The van der Waals surface area contributed by atoms with Gasteiger partial charge in [-0.25, -0.2) is 9.18 Å². The Labute approximate surface area is 210 Å². The predicted molar refractivity (Wildman–Crippen MR) is 138 cm³/mol. The van der Waals surface area contributed by atoms with Crippen LogP contribution in [0.5, 0.6) is 5.75 Å². The van der Waals surface area contributed by atoms with Gasteiger partial charge in [0.05, 0.1) is 43.0 Å². The number of fused-ring (bicyclic) bond motifs is 1. The summed E-state index contributed by atoms with van der Waals surface area (Å²) in [7, 11) is 1.31. The minimum atomic E-state index is -0.693. The smallest absolute Gasteiger partial charge is 0.352 e. The summed E-state index contributed by atoms with van der Waals surface area (Å²) in [5.41, 5.74) is 0.0915. The predicted octanol–water partition coefficient (Wildman–Crippen LogP) is 4.73. The molecule has 0 unspecified atom stereocenters. The summed E-state index contributed by atoms with van der Waals surface area (Å²) < 4.78 is 21.4. The van der Waals surface area contributed by atoms with Gasteiger partial charge in [0.15, 0.2) is 11.6 Å². The van der Waals surface area contributed by atoms with Crippen molar-refractivity contribution in [2.45, 2.75) is 26.8 Å². The summed E-state index contributed by atoms with van der Waals surface area (Å²) in [6.07, 6.45) is 1.44. The van der Waals surface area contributed by atoms with Crippen LogP contribution in [0.3, 0.4) is 0 Å². The number of nitrogens with zero attached hydrogens (tertiary/aromatic N) is 5. The summed E-state index contributed by atoms with van der Waals surface area (Å²) in [5.74, 6) is -0.745. The topological polar surface area (TPSA) is 113 Å². The van der Waals surface area contributed by atoms with E-state index >= 15 is 0 Å². The second-order valence-electron chi connectivity index (χ2n) is 7.08. The summed E-state index contributed by atoms with van der Waals surface area (Å²) in [5, 5.41) is 22.7. The molecule has 0 bridgehead atoms. The number of thiophene rings is 1. The number of hydrogen-bond acceptors (Lipinski definition) is 7. The number of halogens is 1. The SMILES string of the molecule is CC.COc1cc(-c2cc3c(s2)c(=O)n(/N=C\c2ccccc2)c(=O)n3CCC#N)c(C#N)cc1F. The zero-order chi connectivity index (χ0) is 26.2. The first kappa shape index (κ1) is 26.1. The van der Waals surface area contributed by atoms with Crippen LogP contribution in [0.2, 0.25) is 0 Å². The highest BCUT2D eigenvalue weighted by molar-refractivity contribution is 7.22. The maximum Gasteiger partial charge on any atom is 0.352 e. The number of ether oxygens (including phenoxy) is 1. The number of methoxy groups -OCH3 is 1. The number of aromatic nitrogens is 2. The average molecular weight is 504 g/mol. The first-order valence-corrected chi connectivity index (χ1v) is 11.8. The second-order valence-corrected chi connectivity index (χ2v) is 8.14. The molecule has 0 aliphatic carbocycles. The van der Waals surface area contributed by atoms with Crippen molar-refractivity contribution in [1.82, 2.24) is 9.24 Å². The first-order chi connectivity index (χ1) is 17.5. The van der Waals surface area contributed by atoms with E-state index in [1.807, 2.05) is 32.1 Å². The summed E-state index contributed by atoms with van der Waals surface area (Å²) in [4.78, 5) is 26.8. The van der Waals surface area contributed by atoms with E-state index in [0.717, 1.165) is 22.1 Å².